The van der Waals surface area contributed by atoms with Crippen molar-refractivity contribution in [3.8, 4) is 11.5 Å². The number of hydrogen-bond acceptors (Lipinski definition) is 6. The second-order valence-electron chi connectivity index (χ2n) is 11.3. The molecule has 42 heavy (non-hydrogen) atoms. The molecule has 0 unspecified atom stereocenters. The molecule has 1 aromatic heterocycles. The number of aromatic nitrogens is 1. The van der Waals surface area contributed by atoms with Gasteiger partial charge in [0.15, 0.2) is 0 Å². The largest absolute Gasteiger partial charge is 0.457 e. The highest BCUT2D eigenvalue weighted by atomic mass is 35.5. The Hall–Kier alpha value is -3.92. The lowest BCUT2D eigenvalue weighted by Gasteiger charge is -2.37. The number of ether oxygens (including phenoxy) is 2. The number of piperidine rings is 1. The van der Waals surface area contributed by atoms with Gasteiger partial charge in [0.25, 0.3) is 5.91 Å². The van der Waals surface area contributed by atoms with Gasteiger partial charge < -0.3 is 24.2 Å². The Balaban J connectivity index is 1.37. The molecule has 2 heterocycles. The Morgan fingerprint density at radius 2 is 1.76 bits per heavy atom. The number of amides is 2. The first kappa shape index (κ1) is 31.0. The van der Waals surface area contributed by atoms with E-state index in [1.54, 1.807) is 40.9 Å². The number of likely N-dealkylation sites (tertiary alicyclic amines) is 1. The smallest absolute Gasteiger partial charge is 0.410 e. The molecule has 3 aromatic rings. The Morgan fingerprint density at radius 3 is 2.38 bits per heavy atom. The van der Waals surface area contributed by atoms with Crippen molar-refractivity contribution in [3.63, 3.8) is 0 Å². The number of pyridine rings is 1. The molecule has 0 saturated carbocycles. The quantitative estimate of drug-likeness (QED) is 0.293. The number of nitrogens with zero attached hydrogens (tertiary/aromatic N) is 4. The maximum Gasteiger partial charge on any atom is 0.410 e. The number of halogens is 3. The lowest BCUT2D eigenvalue weighted by atomic mass is 10.0. The topological polar surface area (TPSA) is 75.2 Å². The molecule has 2 amide bonds. The van der Waals surface area contributed by atoms with Crippen LogP contribution in [0.1, 0.15) is 49.5 Å². The summed E-state index contributed by atoms with van der Waals surface area (Å²) in [7, 11) is 3.55. The van der Waals surface area contributed by atoms with Gasteiger partial charge in [-0.3, -0.25) is 4.79 Å². The zero-order valence-electron chi connectivity index (χ0n) is 24.4. The van der Waals surface area contributed by atoms with Crippen LogP contribution in [0.3, 0.4) is 0 Å². The van der Waals surface area contributed by atoms with Gasteiger partial charge >= 0.3 is 6.09 Å². The standard InChI is InChI=1S/C31H35ClF2N4O4/c1-31(2,3)42-30(40)38-14-12-23(13-15-38)37(5)29(39)20-6-11-28(35-18-20)36(4)19-21-16-22(33)7-10-27(21)41-24-8-9-26(34)25(32)17-24/h6-11,16-18,23H,12-15,19H2,1-5H3. The van der Waals surface area contributed by atoms with Crippen LogP contribution in [0.2, 0.25) is 5.02 Å². The molecule has 0 radical (unpaired) electrons. The van der Waals surface area contributed by atoms with Gasteiger partial charge in [-0.2, -0.15) is 0 Å². The van der Waals surface area contributed by atoms with E-state index < -0.39 is 17.2 Å². The zero-order valence-corrected chi connectivity index (χ0v) is 25.1. The van der Waals surface area contributed by atoms with Crippen LogP contribution in [-0.2, 0) is 11.3 Å². The van der Waals surface area contributed by atoms with Gasteiger partial charge in [0.1, 0.15) is 34.6 Å². The minimum Gasteiger partial charge on any atom is -0.457 e. The van der Waals surface area contributed by atoms with Gasteiger partial charge in [-0.1, -0.05) is 11.6 Å². The van der Waals surface area contributed by atoms with Crippen LogP contribution in [0, 0.1) is 11.6 Å². The van der Waals surface area contributed by atoms with E-state index in [1.807, 2.05) is 20.8 Å². The van der Waals surface area contributed by atoms with Crippen LogP contribution in [-0.4, -0.2) is 65.6 Å². The van der Waals surface area contributed by atoms with Crippen LogP contribution in [0.5, 0.6) is 11.5 Å². The van der Waals surface area contributed by atoms with Crippen molar-refractivity contribution in [2.75, 3.05) is 32.1 Å². The lowest BCUT2D eigenvalue weighted by molar-refractivity contribution is 0.0160. The van der Waals surface area contributed by atoms with Gasteiger partial charge in [-0.15, -0.1) is 0 Å². The summed E-state index contributed by atoms with van der Waals surface area (Å²) in [6.07, 6.45) is 2.48. The second kappa shape index (κ2) is 12.9. The lowest BCUT2D eigenvalue weighted by Crippen LogP contribution is -2.48. The summed E-state index contributed by atoms with van der Waals surface area (Å²) in [6, 6.07) is 11.5. The molecule has 0 atom stereocenters. The highest BCUT2D eigenvalue weighted by Crippen LogP contribution is 2.30. The predicted octanol–water partition coefficient (Wildman–Crippen LogP) is 6.91. The first-order chi connectivity index (χ1) is 19.8. The van der Waals surface area contributed by atoms with E-state index in [-0.39, 0.29) is 29.6 Å². The fourth-order valence-electron chi connectivity index (χ4n) is 4.65. The van der Waals surface area contributed by atoms with E-state index in [4.69, 9.17) is 21.1 Å². The Kier molecular flexibility index (Phi) is 9.56. The fourth-order valence-corrected chi connectivity index (χ4v) is 4.82. The molecular formula is C31H35ClF2N4O4. The second-order valence-corrected chi connectivity index (χ2v) is 11.7. The summed E-state index contributed by atoms with van der Waals surface area (Å²) in [6.45, 7) is 6.78. The van der Waals surface area contributed by atoms with Crippen molar-refractivity contribution in [1.29, 1.82) is 0 Å². The summed E-state index contributed by atoms with van der Waals surface area (Å²) in [5.74, 6) is 0.114. The molecule has 11 heteroatoms. The Labute approximate surface area is 249 Å². The third-order valence-electron chi connectivity index (χ3n) is 6.92. The van der Waals surface area contributed by atoms with Crippen LogP contribution < -0.4 is 9.64 Å². The molecule has 0 aliphatic carbocycles. The summed E-state index contributed by atoms with van der Waals surface area (Å²) in [5.41, 5.74) is 0.421. The van der Waals surface area contributed by atoms with E-state index in [0.29, 0.717) is 54.4 Å². The third-order valence-corrected chi connectivity index (χ3v) is 7.21. The molecule has 1 aliphatic heterocycles. The zero-order chi connectivity index (χ0) is 30.6. The van der Waals surface area contributed by atoms with Gasteiger partial charge in [0.05, 0.1) is 10.6 Å². The summed E-state index contributed by atoms with van der Waals surface area (Å²) < 4.78 is 39.0. The summed E-state index contributed by atoms with van der Waals surface area (Å²) >= 11 is 5.87. The van der Waals surface area contributed by atoms with Crippen molar-refractivity contribution in [1.82, 2.24) is 14.8 Å². The molecule has 8 nitrogen and oxygen atoms in total. The number of carbonyl (C=O) groups is 2. The molecule has 1 fully saturated rings. The predicted molar refractivity (Wildman–Crippen MR) is 157 cm³/mol. The Bertz CT molecular complexity index is 1420. The number of hydrogen-bond donors (Lipinski definition) is 0. The number of anilines is 1. The average Bonchev–Trinajstić information content (AvgIpc) is 2.95. The maximum atomic E-state index is 14.1. The van der Waals surface area contributed by atoms with Gasteiger partial charge in [0.2, 0.25) is 0 Å². The van der Waals surface area contributed by atoms with Crippen molar-refractivity contribution >= 4 is 29.4 Å². The first-order valence-corrected chi connectivity index (χ1v) is 14.0. The minimum absolute atomic E-state index is 0.0130. The molecule has 0 bridgehead atoms. The normalized spacial score (nSPS) is 14.0. The SMILES string of the molecule is CN(Cc1cc(F)ccc1Oc1ccc(F)c(Cl)c1)c1ccc(C(=O)N(C)C2CCN(C(=O)OC(C)(C)C)CC2)cn1. The van der Waals surface area contributed by atoms with E-state index in [1.165, 1.54) is 42.6 Å². The van der Waals surface area contributed by atoms with Gasteiger partial charge in [0, 0.05) is 57.6 Å². The van der Waals surface area contributed by atoms with Crippen molar-refractivity contribution < 1.29 is 27.8 Å². The van der Waals surface area contributed by atoms with E-state index >= 15 is 0 Å². The van der Waals surface area contributed by atoms with Crippen LogP contribution >= 0.6 is 11.6 Å². The highest BCUT2D eigenvalue weighted by Gasteiger charge is 2.30. The highest BCUT2D eigenvalue weighted by molar-refractivity contribution is 6.30. The van der Waals surface area contributed by atoms with Crippen molar-refractivity contribution in [2.24, 2.45) is 0 Å². The molecule has 2 aromatic carbocycles. The van der Waals surface area contributed by atoms with Crippen LogP contribution in [0.25, 0.3) is 0 Å². The fraction of sp³-hybridized carbons (Fsp3) is 0.387. The van der Waals surface area contributed by atoms with E-state index in [2.05, 4.69) is 4.98 Å². The summed E-state index contributed by atoms with van der Waals surface area (Å²) in [5, 5.41) is -0.0796. The molecule has 4 rings (SSSR count). The molecule has 0 spiro atoms. The van der Waals surface area contributed by atoms with Crippen molar-refractivity contribution in [3.05, 3.63) is 82.5 Å². The summed E-state index contributed by atoms with van der Waals surface area (Å²) in [4.78, 5) is 35.2. The van der Waals surface area contributed by atoms with Gasteiger partial charge in [-0.05, 0) is 76.1 Å². The average molecular weight is 601 g/mol. The minimum atomic E-state index is -0.564. The van der Waals surface area contributed by atoms with Crippen molar-refractivity contribution in [2.45, 2.75) is 51.8 Å². The Morgan fingerprint density at radius 1 is 1.05 bits per heavy atom. The number of rotatable bonds is 7. The molecule has 1 aliphatic rings. The number of carbonyl (C=O) groups excluding carboxylic acids is 2. The van der Waals surface area contributed by atoms with E-state index in [0.717, 1.165) is 0 Å². The number of benzene rings is 2. The third kappa shape index (κ3) is 7.88. The maximum absolute atomic E-state index is 14.1. The van der Waals surface area contributed by atoms with Gasteiger partial charge in [-0.25, -0.2) is 18.6 Å². The van der Waals surface area contributed by atoms with E-state index in [9.17, 15) is 18.4 Å². The van der Waals surface area contributed by atoms with Crippen LogP contribution in [0.4, 0.5) is 19.4 Å². The molecule has 0 N–H and O–H groups in total. The first-order valence-electron chi connectivity index (χ1n) is 13.6. The molecular weight excluding hydrogens is 566 g/mol. The molecule has 224 valence electrons. The monoisotopic (exact) mass is 600 g/mol. The van der Waals surface area contributed by atoms with Crippen LogP contribution in [0.15, 0.2) is 54.7 Å². The molecule has 1 saturated heterocycles.